The van der Waals surface area contributed by atoms with E-state index >= 15 is 0 Å². The molecule has 8 nitrogen and oxygen atoms in total. The van der Waals surface area contributed by atoms with Gasteiger partial charge in [-0.15, -0.1) is 0 Å². The highest BCUT2D eigenvalue weighted by Crippen LogP contribution is 2.30. The van der Waals surface area contributed by atoms with E-state index in [0.29, 0.717) is 56.4 Å². The van der Waals surface area contributed by atoms with Gasteiger partial charge in [-0.1, -0.05) is 12.1 Å². The van der Waals surface area contributed by atoms with E-state index in [1.165, 1.54) is 28.6 Å². The fourth-order valence-corrected chi connectivity index (χ4v) is 7.63. The van der Waals surface area contributed by atoms with Gasteiger partial charge in [0.1, 0.15) is 23.3 Å². The van der Waals surface area contributed by atoms with Crippen molar-refractivity contribution >= 4 is 27.4 Å². The first kappa shape index (κ1) is 31.6. The van der Waals surface area contributed by atoms with E-state index in [9.17, 15) is 30.8 Å². The first-order chi connectivity index (χ1) is 22.1. The van der Waals surface area contributed by atoms with Gasteiger partial charge in [-0.2, -0.15) is 4.31 Å². The molecule has 2 aliphatic heterocycles. The summed E-state index contributed by atoms with van der Waals surface area (Å²) in [6.45, 7) is 2.02. The minimum Gasteiger partial charge on any atom is -0.366 e. The van der Waals surface area contributed by atoms with Crippen LogP contribution in [0.2, 0.25) is 0 Å². The first-order valence-corrected chi connectivity index (χ1v) is 16.4. The van der Waals surface area contributed by atoms with E-state index in [1.54, 1.807) is 24.3 Å². The van der Waals surface area contributed by atoms with Gasteiger partial charge in [-0.25, -0.2) is 35.9 Å². The number of halogens is 4. The summed E-state index contributed by atoms with van der Waals surface area (Å²) in [5.41, 5.74) is 1.20. The van der Waals surface area contributed by atoms with Gasteiger partial charge in [0.2, 0.25) is 16.0 Å². The molecule has 0 N–H and O–H groups in total. The van der Waals surface area contributed by atoms with Crippen LogP contribution < -0.4 is 9.80 Å². The van der Waals surface area contributed by atoms with Gasteiger partial charge >= 0.3 is 0 Å². The number of aryl methyl sites for hydroxylation is 1. The third-order valence-corrected chi connectivity index (χ3v) is 10.3. The van der Waals surface area contributed by atoms with Crippen molar-refractivity contribution in [2.45, 2.75) is 36.6 Å². The number of hydrogen-bond donors (Lipinski definition) is 0. The van der Waals surface area contributed by atoms with E-state index in [2.05, 4.69) is 9.97 Å². The predicted molar refractivity (Wildman–Crippen MR) is 165 cm³/mol. The molecule has 2 saturated heterocycles. The second-order valence-corrected chi connectivity index (χ2v) is 13.2. The molecule has 3 heterocycles. The highest BCUT2D eigenvalue weighted by atomic mass is 32.2. The maximum Gasteiger partial charge on any atom is 0.243 e. The van der Waals surface area contributed by atoms with Gasteiger partial charge in [-0.05, 0) is 73.9 Å². The quantitative estimate of drug-likeness (QED) is 0.224. The molecule has 0 unspecified atom stereocenters. The van der Waals surface area contributed by atoms with Crippen molar-refractivity contribution in [3.8, 4) is 11.3 Å². The zero-order valence-electron chi connectivity index (χ0n) is 24.8. The molecule has 0 amide bonds. The van der Waals surface area contributed by atoms with Crippen LogP contribution in [0.25, 0.3) is 11.3 Å². The summed E-state index contributed by atoms with van der Waals surface area (Å²) in [6, 6.07) is 14.9. The second-order valence-electron chi connectivity index (χ2n) is 11.3. The zero-order valence-corrected chi connectivity index (χ0v) is 25.6. The molecule has 2 fully saturated rings. The molecule has 6 rings (SSSR count). The van der Waals surface area contributed by atoms with E-state index < -0.39 is 33.5 Å². The molecule has 3 aromatic carbocycles. The molecule has 1 aromatic heterocycles. The molecule has 13 heteroatoms. The number of hydrogen-bond acceptors (Lipinski definition) is 7. The number of ketones is 1. The van der Waals surface area contributed by atoms with Crippen molar-refractivity contribution in [3.63, 3.8) is 0 Å². The normalized spacial score (nSPS) is 17.4. The number of rotatable bonds is 9. The van der Waals surface area contributed by atoms with Crippen molar-refractivity contribution in [1.29, 1.82) is 0 Å². The highest BCUT2D eigenvalue weighted by Gasteiger charge is 2.39. The lowest BCUT2D eigenvalue weighted by Gasteiger charge is -2.36. The number of aromatic nitrogens is 2. The second kappa shape index (κ2) is 13.2. The smallest absolute Gasteiger partial charge is 0.243 e. The summed E-state index contributed by atoms with van der Waals surface area (Å²) >= 11 is 0. The van der Waals surface area contributed by atoms with Gasteiger partial charge in [0.05, 0.1) is 22.3 Å². The van der Waals surface area contributed by atoms with E-state index in [4.69, 9.17) is 0 Å². The van der Waals surface area contributed by atoms with Crippen molar-refractivity contribution in [3.05, 3.63) is 102 Å². The van der Waals surface area contributed by atoms with Crippen LogP contribution in [0.5, 0.6) is 0 Å². The van der Waals surface area contributed by atoms with Crippen molar-refractivity contribution in [1.82, 2.24) is 14.3 Å². The Bertz CT molecular complexity index is 1850. The van der Waals surface area contributed by atoms with Crippen LogP contribution in [0, 0.1) is 23.3 Å². The summed E-state index contributed by atoms with van der Waals surface area (Å²) < 4.78 is 84.1. The number of anilines is 2. The van der Waals surface area contributed by atoms with Gasteiger partial charge in [0.25, 0.3) is 0 Å². The molecule has 46 heavy (non-hydrogen) atoms. The lowest BCUT2D eigenvalue weighted by atomic mass is 10.0. The van der Waals surface area contributed by atoms with Gasteiger partial charge in [0.15, 0.2) is 5.78 Å². The fraction of sp³-hybridized carbons (Fsp3) is 0.303. The number of carbonyl (C=O) groups excluding carboxylic acids is 1. The average molecular weight is 654 g/mol. The molecule has 0 saturated carbocycles. The van der Waals surface area contributed by atoms with E-state index in [0.717, 1.165) is 24.3 Å². The molecular formula is C33H31F4N5O3S. The lowest BCUT2D eigenvalue weighted by molar-refractivity contribution is -0.122. The van der Waals surface area contributed by atoms with E-state index in [1.807, 2.05) is 9.80 Å². The van der Waals surface area contributed by atoms with Crippen LogP contribution in [-0.2, 0) is 21.2 Å². The topological polar surface area (TPSA) is 86.7 Å². The van der Waals surface area contributed by atoms with Crippen molar-refractivity contribution in [2.24, 2.45) is 0 Å². The fourth-order valence-electron chi connectivity index (χ4n) is 5.95. The van der Waals surface area contributed by atoms with Gasteiger partial charge < -0.3 is 9.80 Å². The molecule has 1 atom stereocenters. The Morgan fingerprint density at radius 3 is 2.20 bits per heavy atom. The predicted octanol–water partition coefficient (Wildman–Crippen LogP) is 5.38. The molecule has 240 valence electrons. The van der Waals surface area contributed by atoms with Crippen LogP contribution in [-0.4, -0.2) is 67.2 Å². The van der Waals surface area contributed by atoms with Crippen molar-refractivity contribution < 1.29 is 30.8 Å². The third kappa shape index (κ3) is 6.61. The lowest BCUT2D eigenvalue weighted by Crippen LogP contribution is -2.47. The third-order valence-electron chi connectivity index (χ3n) is 8.35. The highest BCUT2D eigenvalue weighted by molar-refractivity contribution is 7.89. The Morgan fingerprint density at radius 1 is 0.783 bits per heavy atom. The summed E-state index contributed by atoms with van der Waals surface area (Å²) in [6.07, 6.45) is 0.942. The minimum atomic E-state index is -4.02. The van der Waals surface area contributed by atoms with Crippen LogP contribution in [0.4, 0.5) is 29.2 Å². The number of sulfonamides is 1. The molecular weight excluding hydrogens is 622 g/mol. The number of nitrogens with zero attached hydrogens (tertiary/aromatic N) is 5. The Labute approximate surface area is 264 Å². The Kier molecular flexibility index (Phi) is 9.05. The van der Waals surface area contributed by atoms with Crippen LogP contribution in [0.1, 0.15) is 25.0 Å². The zero-order chi connectivity index (χ0) is 32.4. The number of piperazine rings is 1. The van der Waals surface area contributed by atoms with Crippen molar-refractivity contribution in [2.75, 3.05) is 42.5 Å². The summed E-state index contributed by atoms with van der Waals surface area (Å²) in [5, 5.41) is 0. The summed E-state index contributed by atoms with van der Waals surface area (Å²) in [4.78, 5) is 26.4. The van der Waals surface area contributed by atoms with Gasteiger partial charge in [-0.3, -0.25) is 4.79 Å². The largest absolute Gasteiger partial charge is 0.366 e. The average Bonchev–Trinajstić information content (AvgIpc) is 3.56. The minimum absolute atomic E-state index is 0.0387. The SMILES string of the molecule is O=C(CCc1cc(-c2ccc(F)cc2F)nc(N2CCN(c3ccccc3F)CC2)n1)[C@@H]1CCCN1S(=O)(=O)c1ccc(F)cc1. The number of Topliss-reactive ketones (excluding diaryl/α,β-unsaturated/α-hetero) is 1. The molecule has 0 bridgehead atoms. The van der Waals surface area contributed by atoms with Crippen LogP contribution >= 0.6 is 0 Å². The van der Waals surface area contributed by atoms with Gasteiger partial charge in [0, 0.05) is 56.5 Å². The Balaban J connectivity index is 1.22. The number of carbonyl (C=O) groups is 1. The maximum absolute atomic E-state index is 14.9. The first-order valence-electron chi connectivity index (χ1n) is 15.0. The molecule has 0 aliphatic carbocycles. The molecule has 4 aromatic rings. The maximum atomic E-state index is 14.9. The molecule has 0 spiro atoms. The summed E-state index contributed by atoms with van der Waals surface area (Å²) in [7, 11) is -4.02. The summed E-state index contributed by atoms with van der Waals surface area (Å²) in [5.74, 6) is -2.43. The molecule has 2 aliphatic rings. The van der Waals surface area contributed by atoms with E-state index in [-0.39, 0.29) is 47.1 Å². The Morgan fingerprint density at radius 2 is 1.48 bits per heavy atom. The van der Waals surface area contributed by atoms with Crippen LogP contribution in [0.15, 0.2) is 77.7 Å². The van der Waals surface area contributed by atoms with Crippen LogP contribution in [0.3, 0.4) is 0 Å². The standard InChI is InChI=1S/C33H31F4N5O3S/c34-22-7-11-25(12-8-22)46(44,45)42-15-3-6-31(42)32(43)14-10-24-21-29(26-13-9-23(35)20-28(26)37)39-33(38-24)41-18-16-40(17-19-41)30-5-2-1-4-27(30)36/h1-2,4-5,7-9,11-13,20-21,31H,3,6,10,14-19H2/t31-/m0/s1. The number of para-hydroxylation sites is 1. The monoisotopic (exact) mass is 653 g/mol. The number of benzene rings is 3. The Hall–Kier alpha value is -4.36. The molecule has 0 radical (unpaired) electrons.